The Kier molecular flexibility index (Phi) is 10.4. The molecule has 0 saturated heterocycles. The fourth-order valence-electron chi connectivity index (χ4n) is 3.36. The van der Waals surface area contributed by atoms with Gasteiger partial charge in [-0.25, -0.2) is 12.1 Å². The van der Waals surface area contributed by atoms with Gasteiger partial charge in [0.2, 0.25) is 0 Å². The second-order valence-corrected chi connectivity index (χ2v) is 15.7. The molecule has 0 aliphatic heterocycles. The van der Waals surface area contributed by atoms with Gasteiger partial charge in [0.1, 0.15) is 0 Å². The molecule has 0 N–H and O–H groups in total. The van der Waals surface area contributed by atoms with Crippen LogP contribution < -0.4 is 5.30 Å². The Balaban J connectivity index is 0.000000351. The van der Waals surface area contributed by atoms with Crippen molar-refractivity contribution >= 4 is 41.0 Å². The second kappa shape index (κ2) is 11.2. The third-order valence-electron chi connectivity index (χ3n) is 3.76. The summed E-state index contributed by atoms with van der Waals surface area (Å²) in [5.74, 6) is 0. The van der Waals surface area contributed by atoms with E-state index < -0.39 is 20.8 Å². The summed E-state index contributed by atoms with van der Waals surface area (Å²) in [6.07, 6.45) is 0. The molecule has 0 fully saturated rings. The Labute approximate surface area is 179 Å². The maximum absolute atomic E-state index is 4.93. The number of halogens is 2. The SMILES string of the molecule is CC(C)(C)P(c1cc2ccccc2[cH-]1)C(C)(C)C.[Cl][Zr+2][Cl].c1cc[cH-]c1. The number of hydrogen-bond acceptors (Lipinski definition) is 0. The summed E-state index contributed by atoms with van der Waals surface area (Å²) >= 11 is -0.826. The molecule has 3 aromatic rings. The molecule has 0 amide bonds. The summed E-state index contributed by atoms with van der Waals surface area (Å²) in [4.78, 5) is 0. The molecule has 0 radical (unpaired) electrons. The summed E-state index contributed by atoms with van der Waals surface area (Å²) < 4.78 is 0. The van der Waals surface area contributed by atoms with E-state index in [1.807, 2.05) is 30.3 Å². The largest absolute Gasteiger partial charge is 0.214 e. The van der Waals surface area contributed by atoms with Crippen LogP contribution in [-0.2, 0) is 20.8 Å². The molecule has 0 aliphatic rings. The first-order valence-corrected chi connectivity index (χ1v) is 16.4. The average molecular weight is 487 g/mol. The summed E-state index contributed by atoms with van der Waals surface area (Å²) in [6.45, 7) is 14.3. The minimum Gasteiger partial charge on any atom is -0.214 e. The quantitative estimate of drug-likeness (QED) is 0.241. The van der Waals surface area contributed by atoms with E-state index in [4.69, 9.17) is 17.0 Å². The van der Waals surface area contributed by atoms with E-state index in [0.717, 1.165) is 0 Å². The zero-order chi connectivity index (χ0) is 19.8. The summed E-state index contributed by atoms with van der Waals surface area (Å²) in [6, 6.07) is 23.5. The van der Waals surface area contributed by atoms with Crippen molar-refractivity contribution < 1.29 is 20.8 Å². The van der Waals surface area contributed by atoms with Gasteiger partial charge in [-0.3, -0.25) is 0 Å². The van der Waals surface area contributed by atoms with Gasteiger partial charge in [-0.2, -0.15) is 24.3 Å². The number of fused-ring (bicyclic) bond motifs is 1. The molecule has 0 nitrogen and oxygen atoms in total. The molecule has 0 aliphatic carbocycles. The number of hydrogen-bond donors (Lipinski definition) is 0. The fraction of sp³-hybridized carbons (Fsp3) is 0.364. The van der Waals surface area contributed by atoms with Crippen LogP contribution in [0.3, 0.4) is 0 Å². The van der Waals surface area contributed by atoms with Crippen molar-refractivity contribution in [3.8, 4) is 0 Å². The minimum absolute atomic E-state index is 0.185. The van der Waals surface area contributed by atoms with Gasteiger partial charge in [0.25, 0.3) is 0 Å². The van der Waals surface area contributed by atoms with E-state index in [1.165, 1.54) is 10.8 Å². The standard InChI is InChI=1S/C17H24P.C5H5.2ClH.Zr/c1-16(2,3)18(17(4,5)6)15-11-13-9-7-8-10-14(13)12-15;1-2-4-5-3-1;;;/h7-12H,1-6H3;1-5H;2*1H;/q2*-1;;;+4/p-2. The summed E-state index contributed by atoms with van der Waals surface area (Å²) in [7, 11) is 9.68. The molecule has 0 atom stereocenters. The maximum atomic E-state index is 4.93. The Hall–Kier alpha value is 0.0731. The van der Waals surface area contributed by atoms with E-state index in [-0.39, 0.29) is 7.92 Å². The molecule has 140 valence electrons. The number of benzene rings is 1. The van der Waals surface area contributed by atoms with Gasteiger partial charge in [-0.05, 0) is 10.3 Å². The molecule has 0 saturated carbocycles. The van der Waals surface area contributed by atoms with Gasteiger partial charge < -0.3 is 0 Å². The van der Waals surface area contributed by atoms with Gasteiger partial charge in [0.15, 0.2) is 0 Å². The zero-order valence-electron chi connectivity index (χ0n) is 16.6. The van der Waals surface area contributed by atoms with E-state index in [1.54, 1.807) is 5.30 Å². The average Bonchev–Trinajstić information content (AvgIpc) is 3.17. The van der Waals surface area contributed by atoms with E-state index in [2.05, 4.69) is 77.9 Å². The molecule has 3 aromatic carbocycles. The van der Waals surface area contributed by atoms with Crippen molar-refractivity contribution in [2.45, 2.75) is 51.9 Å². The smallest absolute Gasteiger partial charge is 0.172 e. The van der Waals surface area contributed by atoms with Crippen LogP contribution in [0.1, 0.15) is 41.5 Å². The molecular formula is C22H29Cl2PZr. The van der Waals surface area contributed by atoms with Crippen LogP contribution >= 0.6 is 24.9 Å². The fourth-order valence-corrected chi connectivity index (χ4v) is 7.46. The van der Waals surface area contributed by atoms with Crippen molar-refractivity contribution in [3.05, 3.63) is 66.7 Å². The van der Waals surface area contributed by atoms with Gasteiger partial charge in [0, 0.05) is 0 Å². The Morgan fingerprint density at radius 1 is 0.846 bits per heavy atom. The third kappa shape index (κ3) is 7.98. The van der Waals surface area contributed by atoms with E-state index in [9.17, 15) is 0 Å². The Bertz CT molecular complexity index is 669. The molecular weight excluding hydrogens is 457 g/mol. The molecule has 4 heteroatoms. The Morgan fingerprint density at radius 3 is 1.73 bits per heavy atom. The van der Waals surface area contributed by atoms with E-state index >= 15 is 0 Å². The monoisotopic (exact) mass is 484 g/mol. The first kappa shape index (κ1) is 24.1. The molecule has 3 rings (SSSR count). The maximum Gasteiger partial charge on any atom is -0.172 e. The van der Waals surface area contributed by atoms with Gasteiger partial charge in [-0.15, -0.1) is 40.3 Å². The van der Waals surface area contributed by atoms with Crippen molar-refractivity contribution in [3.63, 3.8) is 0 Å². The molecule has 26 heavy (non-hydrogen) atoms. The molecule has 0 spiro atoms. The summed E-state index contributed by atoms with van der Waals surface area (Å²) in [5, 5.41) is 5.00. The molecule has 0 unspecified atom stereocenters. The van der Waals surface area contributed by atoms with Crippen LogP contribution in [0.25, 0.3) is 10.8 Å². The van der Waals surface area contributed by atoms with Crippen LogP contribution in [0, 0.1) is 0 Å². The number of rotatable bonds is 1. The topological polar surface area (TPSA) is 0 Å². The predicted molar refractivity (Wildman–Crippen MR) is 119 cm³/mol. The van der Waals surface area contributed by atoms with Gasteiger partial charge in [-0.1, -0.05) is 55.5 Å². The van der Waals surface area contributed by atoms with Crippen molar-refractivity contribution in [2.75, 3.05) is 0 Å². The third-order valence-corrected chi connectivity index (χ3v) is 7.22. The predicted octanol–water partition coefficient (Wildman–Crippen LogP) is 8.04. The van der Waals surface area contributed by atoms with Gasteiger partial charge in [0.05, 0.1) is 0 Å². The first-order valence-electron chi connectivity index (χ1n) is 8.70. The minimum atomic E-state index is -0.826. The second-order valence-electron chi connectivity index (χ2n) is 8.05. The van der Waals surface area contributed by atoms with Crippen molar-refractivity contribution in [2.24, 2.45) is 0 Å². The van der Waals surface area contributed by atoms with Crippen LogP contribution in [-0.4, -0.2) is 10.3 Å². The van der Waals surface area contributed by atoms with Crippen molar-refractivity contribution in [1.82, 2.24) is 0 Å². The molecule has 0 bridgehead atoms. The Morgan fingerprint density at radius 2 is 1.35 bits per heavy atom. The van der Waals surface area contributed by atoms with Crippen LogP contribution in [0.15, 0.2) is 66.7 Å². The van der Waals surface area contributed by atoms with Crippen LogP contribution in [0.4, 0.5) is 0 Å². The normalized spacial score (nSPS) is 11.3. The van der Waals surface area contributed by atoms with Crippen molar-refractivity contribution in [1.29, 1.82) is 0 Å². The van der Waals surface area contributed by atoms with Crippen LogP contribution in [0.2, 0.25) is 0 Å². The zero-order valence-corrected chi connectivity index (χ0v) is 21.4. The molecule has 0 heterocycles. The van der Waals surface area contributed by atoms with Crippen LogP contribution in [0.5, 0.6) is 0 Å². The molecule has 0 aromatic heterocycles. The van der Waals surface area contributed by atoms with Gasteiger partial charge >= 0.3 is 37.9 Å². The van der Waals surface area contributed by atoms with E-state index in [0.29, 0.717) is 10.3 Å². The summed E-state index contributed by atoms with van der Waals surface area (Å²) in [5.41, 5.74) is 0. The first-order chi connectivity index (χ1) is 12.1.